The van der Waals surface area contributed by atoms with Crippen molar-refractivity contribution in [3.63, 3.8) is 0 Å². The van der Waals surface area contributed by atoms with Crippen LogP contribution in [-0.4, -0.2) is 25.9 Å². The van der Waals surface area contributed by atoms with Gasteiger partial charge in [-0.25, -0.2) is 0 Å². The summed E-state index contributed by atoms with van der Waals surface area (Å²) in [5.74, 6) is 0. The van der Waals surface area contributed by atoms with Crippen molar-refractivity contribution >= 4 is 5.69 Å². The van der Waals surface area contributed by atoms with Crippen molar-refractivity contribution in [1.82, 2.24) is 9.78 Å². The second-order valence-electron chi connectivity index (χ2n) is 3.07. The summed E-state index contributed by atoms with van der Waals surface area (Å²) in [4.78, 5) is 9.83. The molecule has 1 atom stereocenters. The van der Waals surface area contributed by atoms with Crippen LogP contribution in [0.1, 0.15) is 19.8 Å². The lowest BCUT2D eigenvalue weighted by Crippen LogP contribution is -2.09. The molecule has 0 radical (unpaired) electrons. The van der Waals surface area contributed by atoms with Crippen molar-refractivity contribution in [2.45, 2.75) is 32.4 Å². The van der Waals surface area contributed by atoms with Crippen LogP contribution in [0.25, 0.3) is 0 Å². The normalized spacial score (nSPS) is 12.7. The molecule has 1 unspecified atom stereocenters. The van der Waals surface area contributed by atoms with Gasteiger partial charge in [-0.2, -0.15) is 5.10 Å². The Morgan fingerprint density at radius 1 is 1.79 bits per heavy atom. The van der Waals surface area contributed by atoms with Crippen LogP contribution in [0.2, 0.25) is 0 Å². The average Bonchev–Trinajstić information content (AvgIpc) is 2.62. The first kappa shape index (κ1) is 10.6. The Morgan fingerprint density at radius 2 is 2.50 bits per heavy atom. The van der Waals surface area contributed by atoms with Gasteiger partial charge in [0, 0.05) is 6.54 Å². The molecule has 78 valence electrons. The number of aliphatic hydroxyl groups excluding tert-OH is 1. The molecule has 0 aliphatic carbocycles. The van der Waals surface area contributed by atoms with Crippen molar-refractivity contribution in [1.29, 1.82) is 0 Å². The smallest absolute Gasteiger partial charge is 0.306 e. The number of nitro groups is 1. The molecule has 0 aromatic carbocycles. The summed E-state index contributed by atoms with van der Waals surface area (Å²) in [5.41, 5.74) is -0.0176. The molecule has 1 heterocycles. The zero-order valence-corrected chi connectivity index (χ0v) is 7.96. The minimum absolute atomic E-state index is 0.0176. The number of aromatic nitrogens is 2. The predicted octanol–water partition coefficient (Wildman–Crippen LogP) is 0.952. The van der Waals surface area contributed by atoms with Gasteiger partial charge >= 0.3 is 5.69 Å². The second kappa shape index (κ2) is 4.71. The SMILES string of the molecule is CCC(O)CCn1cc([N+](=O)[O-])cn1. The van der Waals surface area contributed by atoms with Gasteiger partial charge in [0.05, 0.1) is 11.0 Å². The fourth-order valence-corrected chi connectivity index (χ4v) is 1.05. The first-order valence-electron chi connectivity index (χ1n) is 4.48. The third-order valence-corrected chi connectivity index (χ3v) is 1.99. The van der Waals surface area contributed by atoms with Gasteiger partial charge in [0.2, 0.25) is 0 Å². The Balaban J connectivity index is 2.48. The van der Waals surface area contributed by atoms with Crippen LogP contribution in [0.15, 0.2) is 12.4 Å². The third-order valence-electron chi connectivity index (χ3n) is 1.99. The Morgan fingerprint density at radius 3 is 3.00 bits per heavy atom. The van der Waals surface area contributed by atoms with E-state index >= 15 is 0 Å². The van der Waals surface area contributed by atoms with E-state index in [0.29, 0.717) is 19.4 Å². The number of nitrogens with zero attached hydrogens (tertiary/aromatic N) is 3. The van der Waals surface area contributed by atoms with E-state index in [1.807, 2.05) is 6.92 Å². The Kier molecular flexibility index (Phi) is 3.58. The first-order chi connectivity index (χ1) is 6.63. The molecule has 0 fully saturated rings. The molecule has 0 saturated carbocycles. The molecule has 0 bridgehead atoms. The van der Waals surface area contributed by atoms with Gasteiger partial charge < -0.3 is 5.11 Å². The quantitative estimate of drug-likeness (QED) is 0.565. The molecule has 0 saturated heterocycles. The molecule has 1 aromatic rings. The van der Waals surface area contributed by atoms with Gasteiger partial charge in [-0.15, -0.1) is 0 Å². The average molecular weight is 199 g/mol. The van der Waals surface area contributed by atoms with Crippen molar-refractivity contribution in [3.8, 4) is 0 Å². The summed E-state index contributed by atoms with van der Waals surface area (Å²) in [7, 11) is 0. The van der Waals surface area contributed by atoms with Gasteiger partial charge in [-0.05, 0) is 12.8 Å². The van der Waals surface area contributed by atoms with Crippen LogP contribution < -0.4 is 0 Å². The van der Waals surface area contributed by atoms with E-state index in [1.165, 1.54) is 17.1 Å². The van der Waals surface area contributed by atoms with E-state index < -0.39 is 4.92 Å². The number of hydrogen-bond acceptors (Lipinski definition) is 4. The molecule has 1 rings (SSSR count). The van der Waals surface area contributed by atoms with E-state index in [2.05, 4.69) is 5.10 Å². The third kappa shape index (κ3) is 2.81. The van der Waals surface area contributed by atoms with Gasteiger partial charge in [-0.3, -0.25) is 14.8 Å². The summed E-state index contributed by atoms with van der Waals surface area (Å²) in [6.07, 6.45) is 3.46. The monoisotopic (exact) mass is 199 g/mol. The maximum atomic E-state index is 10.3. The lowest BCUT2D eigenvalue weighted by molar-refractivity contribution is -0.385. The summed E-state index contributed by atoms with van der Waals surface area (Å²) >= 11 is 0. The van der Waals surface area contributed by atoms with Gasteiger partial charge in [0.1, 0.15) is 12.4 Å². The zero-order chi connectivity index (χ0) is 10.6. The minimum atomic E-state index is -0.486. The van der Waals surface area contributed by atoms with Crippen LogP contribution in [-0.2, 0) is 6.54 Å². The molecule has 0 aliphatic rings. The molecule has 0 spiro atoms. The number of aryl methyl sites for hydroxylation is 1. The summed E-state index contributed by atoms with van der Waals surface area (Å²) < 4.78 is 1.47. The lowest BCUT2D eigenvalue weighted by Gasteiger charge is -2.06. The fourth-order valence-electron chi connectivity index (χ4n) is 1.05. The van der Waals surface area contributed by atoms with Gasteiger partial charge in [-0.1, -0.05) is 6.92 Å². The molecular weight excluding hydrogens is 186 g/mol. The molecule has 6 heteroatoms. The lowest BCUT2D eigenvalue weighted by atomic mass is 10.2. The molecule has 14 heavy (non-hydrogen) atoms. The van der Waals surface area contributed by atoms with Crippen molar-refractivity contribution in [2.75, 3.05) is 0 Å². The van der Waals surface area contributed by atoms with E-state index in [0.717, 1.165) is 0 Å². The van der Waals surface area contributed by atoms with Crippen molar-refractivity contribution in [2.24, 2.45) is 0 Å². The fraction of sp³-hybridized carbons (Fsp3) is 0.625. The summed E-state index contributed by atoms with van der Waals surface area (Å²) in [6.45, 7) is 2.39. The molecule has 1 aromatic heterocycles. The maximum Gasteiger partial charge on any atom is 0.306 e. The Bertz CT molecular complexity index is 311. The Labute approximate surface area is 81.3 Å². The molecule has 1 N–H and O–H groups in total. The van der Waals surface area contributed by atoms with Crippen LogP contribution >= 0.6 is 0 Å². The van der Waals surface area contributed by atoms with Crippen LogP contribution in [0.4, 0.5) is 5.69 Å². The number of rotatable bonds is 5. The van der Waals surface area contributed by atoms with Crippen LogP contribution in [0.5, 0.6) is 0 Å². The number of hydrogen-bond donors (Lipinski definition) is 1. The summed E-state index contributed by atoms with van der Waals surface area (Å²) in [6, 6.07) is 0. The maximum absolute atomic E-state index is 10.3. The van der Waals surface area contributed by atoms with E-state index in [4.69, 9.17) is 0 Å². The molecule has 0 aliphatic heterocycles. The minimum Gasteiger partial charge on any atom is -0.393 e. The first-order valence-corrected chi connectivity index (χ1v) is 4.48. The predicted molar refractivity (Wildman–Crippen MR) is 49.8 cm³/mol. The van der Waals surface area contributed by atoms with E-state index in [9.17, 15) is 15.2 Å². The van der Waals surface area contributed by atoms with Gasteiger partial charge in [0.25, 0.3) is 0 Å². The van der Waals surface area contributed by atoms with Crippen LogP contribution in [0, 0.1) is 10.1 Å². The zero-order valence-electron chi connectivity index (χ0n) is 7.96. The second-order valence-corrected chi connectivity index (χ2v) is 3.07. The van der Waals surface area contributed by atoms with Crippen LogP contribution in [0.3, 0.4) is 0 Å². The van der Waals surface area contributed by atoms with Gasteiger partial charge in [0.15, 0.2) is 0 Å². The summed E-state index contributed by atoms with van der Waals surface area (Å²) in [5, 5.41) is 23.4. The van der Waals surface area contributed by atoms with E-state index in [1.54, 1.807) is 0 Å². The molecular formula is C8H13N3O3. The molecule has 6 nitrogen and oxygen atoms in total. The molecule has 0 amide bonds. The van der Waals surface area contributed by atoms with E-state index in [-0.39, 0.29) is 11.8 Å². The standard InChI is InChI=1S/C8H13N3O3/c1-2-8(12)3-4-10-6-7(5-9-10)11(13)14/h5-6,8,12H,2-4H2,1H3. The Hall–Kier alpha value is -1.43. The highest BCUT2D eigenvalue weighted by Gasteiger charge is 2.09. The van der Waals surface area contributed by atoms with Crippen molar-refractivity contribution < 1.29 is 10.0 Å². The highest BCUT2D eigenvalue weighted by atomic mass is 16.6. The number of aliphatic hydroxyl groups is 1. The largest absolute Gasteiger partial charge is 0.393 e. The topological polar surface area (TPSA) is 81.2 Å². The van der Waals surface area contributed by atoms with Crippen molar-refractivity contribution in [3.05, 3.63) is 22.5 Å². The highest BCUT2D eigenvalue weighted by Crippen LogP contribution is 2.08. The highest BCUT2D eigenvalue weighted by molar-refractivity contribution is 5.20.